The normalized spacial score (nSPS) is 10.4. The summed E-state index contributed by atoms with van der Waals surface area (Å²) >= 11 is 0.969. The van der Waals surface area contributed by atoms with Crippen LogP contribution in [-0.2, 0) is 8.98 Å². The van der Waals surface area contributed by atoms with Crippen LogP contribution in [0.2, 0.25) is 0 Å². The molecule has 0 bridgehead atoms. The molecule has 0 spiro atoms. The second kappa shape index (κ2) is 8.59. The van der Waals surface area contributed by atoms with Crippen LogP contribution in [0.4, 0.5) is 11.4 Å². The number of amides is 1. The van der Waals surface area contributed by atoms with Crippen LogP contribution in [0.25, 0.3) is 0 Å². The smallest absolute Gasteiger partial charge is 0.315 e. The first kappa shape index (κ1) is 17.4. The molecule has 4 N–H and O–H groups in total. The standard InChI is InChI=1S/C16H16N4O3S/c1-11(21)23-24-15-7-5-13(6-8-15)20-16(22)12-3-2-4-14(9-12)18-10-19-17/h2-10H,17H2,1H3,(H,18,19)(H,20,22). The Labute approximate surface area is 143 Å². The van der Waals surface area contributed by atoms with Gasteiger partial charge in [0.1, 0.15) is 6.34 Å². The van der Waals surface area contributed by atoms with Crippen molar-refractivity contribution in [2.45, 2.75) is 11.8 Å². The Morgan fingerprint density at radius 3 is 2.58 bits per heavy atom. The summed E-state index contributed by atoms with van der Waals surface area (Å²) in [6.45, 7) is 1.34. The summed E-state index contributed by atoms with van der Waals surface area (Å²) in [6, 6.07) is 13.9. The SMILES string of the molecule is CC(=O)OSc1ccc(NC(=O)c2cccc(NC=NN)c2)cc1. The molecule has 0 saturated heterocycles. The number of hydrazone groups is 1. The lowest BCUT2D eigenvalue weighted by atomic mass is 10.2. The van der Waals surface area contributed by atoms with E-state index in [1.54, 1.807) is 48.5 Å². The van der Waals surface area contributed by atoms with Crippen LogP contribution in [0.5, 0.6) is 0 Å². The largest absolute Gasteiger partial charge is 0.386 e. The Kier molecular flexibility index (Phi) is 6.21. The lowest BCUT2D eigenvalue weighted by molar-refractivity contribution is -0.130. The number of hydrogen-bond acceptors (Lipinski definition) is 6. The average Bonchev–Trinajstić information content (AvgIpc) is 2.59. The summed E-state index contributed by atoms with van der Waals surface area (Å²) in [5.41, 5.74) is 1.82. The topological polar surface area (TPSA) is 106 Å². The summed E-state index contributed by atoms with van der Waals surface area (Å²) in [5, 5.41) is 8.97. The molecule has 0 aliphatic carbocycles. The Bertz CT molecular complexity index is 747. The highest BCUT2D eigenvalue weighted by Crippen LogP contribution is 2.21. The molecule has 0 aliphatic rings. The van der Waals surface area contributed by atoms with Crippen molar-refractivity contribution in [2.24, 2.45) is 10.9 Å². The Balaban J connectivity index is 2.00. The number of carbonyl (C=O) groups excluding carboxylic acids is 2. The summed E-state index contributed by atoms with van der Waals surface area (Å²) in [6.07, 6.45) is 1.33. The molecule has 0 fully saturated rings. The van der Waals surface area contributed by atoms with Gasteiger partial charge in [-0.2, -0.15) is 5.10 Å². The van der Waals surface area contributed by atoms with Gasteiger partial charge in [-0.15, -0.1) is 0 Å². The molecule has 7 nitrogen and oxygen atoms in total. The van der Waals surface area contributed by atoms with Gasteiger partial charge in [0.15, 0.2) is 0 Å². The van der Waals surface area contributed by atoms with E-state index in [0.717, 1.165) is 16.9 Å². The highest BCUT2D eigenvalue weighted by molar-refractivity contribution is 7.95. The Morgan fingerprint density at radius 2 is 1.92 bits per heavy atom. The number of nitrogens with zero attached hydrogens (tertiary/aromatic N) is 1. The second-order valence-electron chi connectivity index (χ2n) is 4.64. The van der Waals surface area contributed by atoms with Crippen molar-refractivity contribution in [2.75, 3.05) is 10.6 Å². The molecule has 2 rings (SSSR count). The van der Waals surface area contributed by atoms with E-state index in [2.05, 4.69) is 15.7 Å². The molecule has 0 heterocycles. The van der Waals surface area contributed by atoms with E-state index >= 15 is 0 Å². The quantitative estimate of drug-likeness (QED) is 0.245. The van der Waals surface area contributed by atoms with Gasteiger partial charge in [0.05, 0.1) is 12.0 Å². The van der Waals surface area contributed by atoms with Crippen LogP contribution >= 0.6 is 12.0 Å². The van der Waals surface area contributed by atoms with Crippen LogP contribution in [0.1, 0.15) is 17.3 Å². The zero-order valence-electron chi connectivity index (χ0n) is 12.9. The molecule has 2 aromatic rings. The maximum absolute atomic E-state index is 12.3. The molecule has 0 atom stereocenters. The van der Waals surface area contributed by atoms with Crippen molar-refractivity contribution in [3.05, 3.63) is 54.1 Å². The van der Waals surface area contributed by atoms with Gasteiger partial charge >= 0.3 is 5.97 Å². The van der Waals surface area contributed by atoms with E-state index < -0.39 is 0 Å². The summed E-state index contributed by atoms with van der Waals surface area (Å²) < 4.78 is 4.83. The lowest BCUT2D eigenvalue weighted by Crippen LogP contribution is -2.12. The van der Waals surface area contributed by atoms with E-state index in [4.69, 9.17) is 10.0 Å². The van der Waals surface area contributed by atoms with Gasteiger partial charge in [-0.25, -0.2) is 0 Å². The average molecular weight is 344 g/mol. The second-order valence-corrected chi connectivity index (χ2v) is 5.44. The fourth-order valence-corrected chi connectivity index (χ4v) is 2.23. The third-order valence-electron chi connectivity index (χ3n) is 2.80. The molecule has 0 aromatic heterocycles. The maximum Gasteiger partial charge on any atom is 0.315 e. The van der Waals surface area contributed by atoms with Crippen molar-refractivity contribution < 1.29 is 13.8 Å². The van der Waals surface area contributed by atoms with Gasteiger partial charge in [-0.3, -0.25) is 9.59 Å². The molecular formula is C16H16N4O3S. The predicted octanol–water partition coefficient (Wildman–Crippen LogP) is 2.82. The minimum Gasteiger partial charge on any atom is -0.386 e. The van der Waals surface area contributed by atoms with Crippen LogP contribution in [0.3, 0.4) is 0 Å². The van der Waals surface area contributed by atoms with Crippen molar-refractivity contribution in [1.82, 2.24) is 0 Å². The van der Waals surface area contributed by atoms with Gasteiger partial charge in [-0.05, 0) is 42.5 Å². The van der Waals surface area contributed by atoms with Crippen LogP contribution in [0, 0.1) is 0 Å². The minimum atomic E-state index is -0.370. The van der Waals surface area contributed by atoms with E-state index in [-0.39, 0.29) is 11.9 Å². The molecule has 0 radical (unpaired) electrons. The van der Waals surface area contributed by atoms with Gasteiger partial charge in [-0.1, -0.05) is 6.07 Å². The van der Waals surface area contributed by atoms with E-state index in [1.165, 1.54) is 13.3 Å². The molecule has 124 valence electrons. The summed E-state index contributed by atoms with van der Waals surface area (Å²) in [5.74, 6) is 4.41. The van der Waals surface area contributed by atoms with Crippen LogP contribution < -0.4 is 16.5 Å². The number of rotatable bonds is 6. The summed E-state index contributed by atoms with van der Waals surface area (Å²) in [7, 11) is 0. The van der Waals surface area contributed by atoms with Crippen molar-refractivity contribution in [3.63, 3.8) is 0 Å². The van der Waals surface area contributed by atoms with Gasteiger partial charge in [0.2, 0.25) is 0 Å². The first-order valence-electron chi connectivity index (χ1n) is 6.93. The zero-order valence-corrected chi connectivity index (χ0v) is 13.7. The molecule has 0 saturated carbocycles. The maximum atomic E-state index is 12.3. The number of benzene rings is 2. The molecule has 24 heavy (non-hydrogen) atoms. The van der Waals surface area contributed by atoms with E-state index in [1.807, 2.05) is 0 Å². The lowest BCUT2D eigenvalue weighted by Gasteiger charge is -2.07. The fourth-order valence-electron chi connectivity index (χ4n) is 1.77. The first-order valence-corrected chi connectivity index (χ1v) is 7.67. The first-order chi connectivity index (χ1) is 11.6. The third kappa shape index (κ3) is 5.33. The van der Waals surface area contributed by atoms with Gasteiger partial charge in [0.25, 0.3) is 5.91 Å². The summed E-state index contributed by atoms with van der Waals surface area (Å²) in [4.78, 5) is 23.8. The molecule has 0 aliphatic heterocycles. The number of nitrogens with one attached hydrogen (secondary N) is 2. The van der Waals surface area contributed by atoms with Gasteiger partial charge < -0.3 is 20.7 Å². The number of carbonyl (C=O) groups is 2. The van der Waals surface area contributed by atoms with E-state index in [0.29, 0.717) is 16.9 Å². The fraction of sp³-hybridized carbons (Fsp3) is 0.0625. The monoisotopic (exact) mass is 344 g/mol. The number of anilines is 2. The molecule has 2 aromatic carbocycles. The molecule has 0 unspecified atom stereocenters. The van der Waals surface area contributed by atoms with Crippen LogP contribution in [0.15, 0.2) is 58.5 Å². The zero-order chi connectivity index (χ0) is 17.4. The van der Waals surface area contributed by atoms with Crippen molar-refractivity contribution >= 4 is 41.6 Å². The Hall–Kier alpha value is -3.00. The van der Waals surface area contributed by atoms with Crippen molar-refractivity contribution in [1.29, 1.82) is 0 Å². The molecular weight excluding hydrogens is 328 g/mol. The number of nitrogens with two attached hydrogens (primary N) is 1. The molecule has 8 heteroatoms. The van der Waals surface area contributed by atoms with Crippen LogP contribution in [-0.4, -0.2) is 18.2 Å². The predicted molar refractivity (Wildman–Crippen MR) is 94.8 cm³/mol. The third-order valence-corrected chi connectivity index (χ3v) is 3.58. The van der Waals surface area contributed by atoms with Gasteiger partial charge in [0, 0.05) is 28.8 Å². The van der Waals surface area contributed by atoms with E-state index in [9.17, 15) is 9.59 Å². The Morgan fingerprint density at radius 1 is 1.17 bits per heavy atom. The minimum absolute atomic E-state index is 0.247. The highest BCUT2D eigenvalue weighted by Gasteiger charge is 2.07. The van der Waals surface area contributed by atoms with Crippen molar-refractivity contribution in [3.8, 4) is 0 Å². The molecule has 1 amide bonds. The number of hydrogen-bond donors (Lipinski definition) is 3. The highest BCUT2D eigenvalue weighted by atomic mass is 32.2.